The van der Waals surface area contributed by atoms with Crippen LogP contribution in [0.5, 0.6) is 11.5 Å². The van der Waals surface area contributed by atoms with Crippen LogP contribution in [-0.4, -0.2) is 42.9 Å². The smallest absolute Gasteiger partial charge is 0.316 e. The minimum absolute atomic E-state index is 0.115. The van der Waals surface area contributed by atoms with Crippen molar-refractivity contribution in [1.82, 2.24) is 0 Å². The summed E-state index contributed by atoms with van der Waals surface area (Å²) in [7, 11) is 0. The third kappa shape index (κ3) is 10.7. The maximum absolute atomic E-state index is 12.2. The zero-order chi connectivity index (χ0) is 34.7. The molecular formula is C38H58O6S. The number of phenols is 2. The molecule has 0 bridgehead atoms. The summed E-state index contributed by atoms with van der Waals surface area (Å²) >= 11 is 0.990. The molecule has 0 spiro atoms. The Labute approximate surface area is 276 Å². The molecule has 2 rings (SSSR count). The molecule has 0 aliphatic heterocycles. The Kier molecular flexibility index (Phi) is 12.3. The first-order chi connectivity index (χ1) is 20.3. The summed E-state index contributed by atoms with van der Waals surface area (Å²) in [5, 5.41) is 40.5. The highest BCUT2D eigenvalue weighted by Gasteiger charge is 2.30. The quantitative estimate of drug-likeness (QED) is 0.182. The average molecular weight is 643 g/mol. The Balaban J connectivity index is 2.19. The normalized spacial score (nSPS) is 14.3. The van der Waals surface area contributed by atoms with Crippen LogP contribution >= 0.6 is 11.8 Å². The number of benzene rings is 2. The lowest BCUT2D eigenvalue weighted by Crippen LogP contribution is -2.25. The summed E-state index contributed by atoms with van der Waals surface area (Å²) in [4.78, 5) is 24.5. The lowest BCUT2D eigenvalue weighted by molar-refractivity contribution is -0.136. The summed E-state index contributed by atoms with van der Waals surface area (Å²) in [5.41, 5.74) is 4.81. The molecule has 0 amide bonds. The number of aryl methyl sites for hydroxylation is 2. The van der Waals surface area contributed by atoms with Crippen LogP contribution in [0, 0.1) is 0 Å². The van der Waals surface area contributed by atoms with Crippen molar-refractivity contribution < 1.29 is 30.0 Å². The van der Waals surface area contributed by atoms with Crippen LogP contribution in [-0.2, 0) is 44.1 Å². The number of carbonyl (C=O) groups is 2. The molecule has 0 aliphatic carbocycles. The number of aliphatic carboxylic acids is 2. The first-order valence-electron chi connectivity index (χ1n) is 16.2. The predicted molar refractivity (Wildman–Crippen MR) is 187 cm³/mol. The van der Waals surface area contributed by atoms with Crippen LogP contribution in [0.4, 0.5) is 0 Å². The van der Waals surface area contributed by atoms with E-state index in [-0.39, 0.29) is 46.0 Å². The fourth-order valence-electron chi connectivity index (χ4n) is 5.43. The van der Waals surface area contributed by atoms with E-state index >= 15 is 0 Å². The number of phenolic OH excluding ortho intramolecular Hbond substituents is 2. The fraction of sp³-hybridized carbons (Fsp3) is 0.632. The minimum atomic E-state index is -1.03. The molecule has 2 unspecified atom stereocenters. The van der Waals surface area contributed by atoms with Crippen molar-refractivity contribution in [3.8, 4) is 11.5 Å². The zero-order valence-electron chi connectivity index (χ0n) is 29.7. The molecule has 0 heterocycles. The maximum atomic E-state index is 12.2. The van der Waals surface area contributed by atoms with Gasteiger partial charge in [0, 0.05) is 0 Å². The SMILES string of the molecule is CC(C)(C)c1cc(CCCC(SC(CCCc2cc(C(C)(C)C)cc(C(C)(C)C)c2O)C(=O)O)C(=O)O)c(O)c(C(C)(C)C)c1. The summed E-state index contributed by atoms with van der Waals surface area (Å²) in [6.07, 6.45) is 2.59. The third-order valence-corrected chi connectivity index (χ3v) is 9.96. The first-order valence-corrected chi connectivity index (χ1v) is 17.1. The van der Waals surface area contributed by atoms with Crippen LogP contribution in [0.25, 0.3) is 0 Å². The summed E-state index contributed by atoms with van der Waals surface area (Å²) in [6, 6.07) is 8.16. The van der Waals surface area contributed by atoms with E-state index in [4.69, 9.17) is 0 Å². The van der Waals surface area contributed by atoms with Crippen molar-refractivity contribution in [3.63, 3.8) is 0 Å². The lowest BCUT2D eigenvalue weighted by atomic mass is 9.78. The van der Waals surface area contributed by atoms with Crippen LogP contribution < -0.4 is 0 Å². The fourth-order valence-corrected chi connectivity index (χ4v) is 6.67. The number of rotatable bonds is 12. The van der Waals surface area contributed by atoms with Crippen molar-refractivity contribution in [2.75, 3.05) is 0 Å². The summed E-state index contributed by atoms with van der Waals surface area (Å²) in [6.45, 7) is 25.2. The molecule has 0 aromatic heterocycles. The molecule has 2 aromatic rings. The standard InChI is InChI=1S/C38H58O6S/c1-35(2,3)25-19-23(31(39)27(21-25)37(7,8)9)15-13-17-29(33(41)42)45-30(34(43)44)18-14-16-24-20-26(36(4,5)6)22-28(32(24)40)38(10,11)12/h19-22,29-30,39-40H,13-18H2,1-12H3,(H,41,42)(H,43,44). The molecule has 7 heteroatoms. The third-order valence-electron chi connectivity index (χ3n) is 8.43. The second kappa shape index (κ2) is 14.4. The average Bonchev–Trinajstić information content (AvgIpc) is 2.85. The van der Waals surface area contributed by atoms with Crippen LogP contribution in [0.15, 0.2) is 24.3 Å². The Hall–Kier alpha value is -2.67. The summed E-state index contributed by atoms with van der Waals surface area (Å²) in [5.74, 6) is -1.54. The predicted octanol–water partition coefficient (Wildman–Crippen LogP) is 9.27. The largest absolute Gasteiger partial charge is 0.507 e. The van der Waals surface area contributed by atoms with Gasteiger partial charge in [0.25, 0.3) is 0 Å². The van der Waals surface area contributed by atoms with E-state index in [1.54, 1.807) is 0 Å². The van der Waals surface area contributed by atoms with Gasteiger partial charge >= 0.3 is 11.9 Å². The number of aromatic hydroxyl groups is 2. The molecule has 0 fully saturated rings. The van der Waals surface area contributed by atoms with Gasteiger partial charge in [0.15, 0.2) is 0 Å². The number of hydrogen-bond donors (Lipinski definition) is 4. The van der Waals surface area contributed by atoms with E-state index in [0.717, 1.165) is 45.1 Å². The Morgan fingerprint density at radius 2 is 0.889 bits per heavy atom. The van der Waals surface area contributed by atoms with Crippen LogP contribution in [0.1, 0.15) is 142 Å². The van der Waals surface area contributed by atoms with Gasteiger partial charge in [-0.1, -0.05) is 107 Å². The van der Waals surface area contributed by atoms with Gasteiger partial charge in [0.2, 0.25) is 0 Å². The Bertz CT molecular complexity index is 1250. The van der Waals surface area contributed by atoms with E-state index in [1.165, 1.54) is 0 Å². The number of carboxylic acids is 2. The molecular weight excluding hydrogens is 584 g/mol. The van der Waals surface area contributed by atoms with E-state index < -0.39 is 22.4 Å². The Morgan fingerprint density at radius 3 is 1.13 bits per heavy atom. The maximum Gasteiger partial charge on any atom is 0.316 e. The number of carboxylic acid groups (broad SMARTS) is 2. The van der Waals surface area contributed by atoms with Gasteiger partial charge in [-0.15, -0.1) is 11.8 Å². The van der Waals surface area contributed by atoms with Crippen molar-refractivity contribution in [1.29, 1.82) is 0 Å². The second-order valence-electron chi connectivity index (χ2n) is 16.6. The molecule has 2 atom stereocenters. The van der Waals surface area contributed by atoms with Crippen LogP contribution in [0.2, 0.25) is 0 Å². The molecule has 4 N–H and O–H groups in total. The van der Waals surface area contributed by atoms with Gasteiger partial charge < -0.3 is 20.4 Å². The molecule has 0 aliphatic rings. The number of thioether (sulfide) groups is 1. The van der Waals surface area contributed by atoms with E-state index in [0.29, 0.717) is 25.7 Å². The van der Waals surface area contributed by atoms with Crippen molar-refractivity contribution in [3.05, 3.63) is 57.6 Å². The molecule has 0 radical (unpaired) electrons. The topological polar surface area (TPSA) is 115 Å². The summed E-state index contributed by atoms with van der Waals surface area (Å²) < 4.78 is 0. The Morgan fingerprint density at radius 1 is 0.578 bits per heavy atom. The monoisotopic (exact) mass is 642 g/mol. The molecule has 6 nitrogen and oxygen atoms in total. The second-order valence-corrected chi connectivity index (χ2v) is 18.0. The van der Waals surface area contributed by atoms with Gasteiger partial charge in [0.1, 0.15) is 22.0 Å². The molecule has 252 valence electrons. The molecule has 0 saturated heterocycles. The van der Waals surface area contributed by atoms with Crippen molar-refractivity contribution in [2.24, 2.45) is 0 Å². The number of hydrogen-bond acceptors (Lipinski definition) is 5. The van der Waals surface area contributed by atoms with Gasteiger partial charge in [-0.3, -0.25) is 9.59 Å². The van der Waals surface area contributed by atoms with E-state index in [2.05, 4.69) is 95.2 Å². The highest BCUT2D eigenvalue weighted by atomic mass is 32.2. The van der Waals surface area contributed by atoms with Gasteiger partial charge in [0.05, 0.1) is 0 Å². The highest BCUT2D eigenvalue weighted by Crippen LogP contribution is 2.40. The molecule has 2 aromatic carbocycles. The van der Waals surface area contributed by atoms with Gasteiger partial charge in [-0.05, 0) is 93.6 Å². The first kappa shape index (κ1) is 38.5. The zero-order valence-corrected chi connectivity index (χ0v) is 30.5. The van der Waals surface area contributed by atoms with Gasteiger partial charge in [-0.2, -0.15) is 0 Å². The van der Waals surface area contributed by atoms with Crippen molar-refractivity contribution in [2.45, 2.75) is 154 Å². The minimum Gasteiger partial charge on any atom is -0.507 e. The lowest BCUT2D eigenvalue weighted by Gasteiger charge is -2.28. The van der Waals surface area contributed by atoms with E-state index in [1.807, 2.05) is 12.1 Å². The molecule has 45 heavy (non-hydrogen) atoms. The van der Waals surface area contributed by atoms with E-state index in [9.17, 15) is 30.0 Å². The molecule has 0 saturated carbocycles. The van der Waals surface area contributed by atoms with Crippen molar-refractivity contribution >= 4 is 23.7 Å². The van der Waals surface area contributed by atoms with Crippen LogP contribution in [0.3, 0.4) is 0 Å². The highest BCUT2D eigenvalue weighted by molar-refractivity contribution is 8.01. The van der Waals surface area contributed by atoms with Gasteiger partial charge in [-0.25, -0.2) is 0 Å².